The van der Waals surface area contributed by atoms with Crippen LogP contribution in [0.15, 0.2) is 69.1 Å². The number of aromatic amines is 2. The van der Waals surface area contributed by atoms with Crippen molar-refractivity contribution in [3.63, 3.8) is 0 Å². The fourth-order valence-electron chi connectivity index (χ4n) is 3.08. The van der Waals surface area contributed by atoms with E-state index in [0.29, 0.717) is 15.9 Å². The first-order valence-corrected chi connectivity index (χ1v) is 8.92. The lowest BCUT2D eigenvalue weighted by Crippen LogP contribution is -2.11. The van der Waals surface area contributed by atoms with Crippen LogP contribution < -0.4 is 16.0 Å². The molecule has 0 saturated carbocycles. The van der Waals surface area contributed by atoms with Crippen LogP contribution in [0.5, 0.6) is 0 Å². The number of rotatable bonds is 0. The van der Waals surface area contributed by atoms with Crippen molar-refractivity contribution < 1.29 is 4.79 Å². The summed E-state index contributed by atoms with van der Waals surface area (Å²) in [5.74, 6) is -0.0763. The first-order chi connectivity index (χ1) is 12.6. The minimum absolute atomic E-state index is 0.0763. The Morgan fingerprint density at radius 3 is 2.46 bits per heavy atom. The van der Waals surface area contributed by atoms with Crippen LogP contribution in [-0.2, 0) is 4.79 Å². The molecule has 0 fully saturated rings. The van der Waals surface area contributed by atoms with E-state index in [9.17, 15) is 4.79 Å². The summed E-state index contributed by atoms with van der Waals surface area (Å²) in [7, 11) is 0. The summed E-state index contributed by atoms with van der Waals surface area (Å²) < 4.78 is 0.508. The number of carbonyl (C=O) groups excluding carboxylic acids is 1. The molecule has 6 heteroatoms. The van der Waals surface area contributed by atoms with E-state index < -0.39 is 0 Å². The van der Waals surface area contributed by atoms with Crippen LogP contribution >= 0.6 is 15.9 Å². The maximum Gasteiger partial charge on any atom is 0.218 e. The van der Waals surface area contributed by atoms with E-state index in [4.69, 9.17) is 0 Å². The molecule has 2 aromatic rings. The normalized spacial score (nSPS) is 18.0. The van der Waals surface area contributed by atoms with E-state index in [1.54, 1.807) is 0 Å². The van der Waals surface area contributed by atoms with Crippen molar-refractivity contribution in [3.05, 3.63) is 86.2 Å². The molecule has 0 amide bonds. The van der Waals surface area contributed by atoms with Gasteiger partial charge in [-0.3, -0.25) is 4.79 Å². The molecule has 0 aliphatic carbocycles. The monoisotopic (exact) mass is 404 g/mol. The number of Topliss-reactive ketones (excluding diaryl/α,β-unsaturated/α-hetero) is 1. The highest BCUT2D eigenvalue weighted by Crippen LogP contribution is 2.27. The van der Waals surface area contributed by atoms with Gasteiger partial charge < -0.3 is 15.3 Å². The molecule has 0 aromatic carbocycles. The van der Waals surface area contributed by atoms with E-state index in [-0.39, 0.29) is 5.78 Å². The number of allylic oxidation sites excluding steroid dienone is 4. The molecule has 5 heterocycles. The molecule has 3 aliphatic rings. The van der Waals surface area contributed by atoms with Crippen molar-refractivity contribution in [2.75, 3.05) is 0 Å². The van der Waals surface area contributed by atoms with Gasteiger partial charge in [-0.1, -0.05) is 0 Å². The third-order valence-electron chi connectivity index (χ3n) is 4.30. The quantitative estimate of drug-likeness (QED) is 0.627. The number of nitrogens with one attached hydrogen (secondary N) is 3. The molecule has 26 heavy (non-hydrogen) atoms. The van der Waals surface area contributed by atoms with Crippen LogP contribution in [-0.4, -0.2) is 21.5 Å². The number of hydrogen-bond acceptors (Lipinski definition) is 3. The first kappa shape index (κ1) is 15.2. The smallest absolute Gasteiger partial charge is 0.218 e. The van der Waals surface area contributed by atoms with Gasteiger partial charge in [-0.25, -0.2) is 4.99 Å². The lowest BCUT2D eigenvalue weighted by Gasteiger charge is -2.00. The second kappa shape index (κ2) is 5.71. The number of nitrogens with zero attached hydrogens (tertiary/aromatic N) is 1. The van der Waals surface area contributed by atoms with Gasteiger partial charge in [0, 0.05) is 22.1 Å². The molecular formula is C20H13BrN4O. The van der Waals surface area contributed by atoms with Gasteiger partial charge >= 0.3 is 0 Å². The fraction of sp³-hybridized carbons (Fsp3) is 0. The van der Waals surface area contributed by atoms with Crippen LogP contribution in [0.2, 0.25) is 0 Å². The van der Waals surface area contributed by atoms with Crippen LogP contribution in [0.3, 0.4) is 0 Å². The summed E-state index contributed by atoms with van der Waals surface area (Å²) in [5.41, 5.74) is 4.68. The molecule has 3 aliphatic heterocycles. The Labute approximate surface area is 157 Å². The van der Waals surface area contributed by atoms with E-state index in [0.717, 1.165) is 33.5 Å². The molecular weight excluding hydrogens is 392 g/mol. The highest BCUT2D eigenvalue weighted by Gasteiger charge is 2.25. The molecule has 0 atom stereocenters. The van der Waals surface area contributed by atoms with Crippen molar-refractivity contribution in [1.29, 1.82) is 0 Å². The first-order valence-electron chi connectivity index (χ1n) is 8.13. The van der Waals surface area contributed by atoms with Gasteiger partial charge in [-0.2, -0.15) is 0 Å². The fourth-order valence-corrected chi connectivity index (χ4v) is 3.51. The summed E-state index contributed by atoms with van der Waals surface area (Å²) in [6.07, 6.45) is 11.6. The zero-order valence-electron chi connectivity index (χ0n) is 13.5. The number of hydrogen-bond donors (Lipinski definition) is 3. The van der Waals surface area contributed by atoms with Crippen LogP contribution in [0, 0.1) is 0 Å². The zero-order chi connectivity index (χ0) is 17.7. The summed E-state index contributed by atoms with van der Waals surface area (Å²) in [6, 6.07) is 7.97. The summed E-state index contributed by atoms with van der Waals surface area (Å²) in [6.45, 7) is 0. The summed E-state index contributed by atoms with van der Waals surface area (Å²) >= 11 is 3.39. The molecule has 5 nitrogen and oxygen atoms in total. The molecule has 3 N–H and O–H groups in total. The Balaban J connectivity index is 1.72. The molecule has 2 aromatic heterocycles. The Morgan fingerprint density at radius 2 is 1.62 bits per heavy atom. The van der Waals surface area contributed by atoms with Crippen LogP contribution in [0.25, 0.3) is 18.2 Å². The Kier molecular flexibility index (Phi) is 3.33. The van der Waals surface area contributed by atoms with Gasteiger partial charge in [0.25, 0.3) is 0 Å². The third kappa shape index (κ3) is 2.64. The highest BCUT2D eigenvalue weighted by molar-refractivity contribution is 9.12. The summed E-state index contributed by atoms with van der Waals surface area (Å²) in [5, 5.41) is 5.15. The largest absolute Gasteiger partial charge is 0.355 e. The molecule has 8 bridgehead atoms. The zero-order valence-corrected chi connectivity index (χ0v) is 15.1. The Morgan fingerprint density at radius 1 is 0.846 bits per heavy atom. The highest BCUT2D eigenvalue weighted by atomic mass is 79.9. The molecule has 0 spiro atoms. The van der Waals surface area contributed by atoms with Crippen molar-refractivity contribution >= 4 is 45.7 Å². The average molecular weight is 405 g/mol. The number of aromatic nitrogens is 2. The lowest BCUT2D eigenvalue weighted by atomic mass is 10.2. The molecule has 0 radical (unpaired) electrons. The van der Waals surface area contributed by atoms with Gasteiger partial charge in [-0.15, -0.1) is 0 Å². The second-order valence-electron chi connectivity index (χ2n) is 6.21. The van der Waals surface area contributed by atoms with E-state index >= 15 is 0 Å². The number of carbonyl (C=O) groups is 1. The number of aliphatic imine (C=N–C) groups is 1. The van der Waals surface area contributed by atoms with Gasteiger partial charge in [0.15, 0.2) is 0 Å². The molecule has 126 valence electrons. The average Bonchev–Trinajstić information content (AvgIpc) is 3.38. The third-order valence-corrected chi connectivity index (χ3v) is 5.09. The van der Waals surface area contributed by atoms with Gasteiger partial charge in [0.05, 0.1) is 27.3 Å². The Bertz CT molecular complexity index is 1230. The maximum atomic E-state index is 12.5. The minimum atomic E-state index is -0.0763. The number of H-pyrrole nitrogens is 2. The lowest BCUT2D eigenvalue weighted by molar-refractivity contribution is -0.111. The van der Waals surface area contributed by atoms with Crippen molar-refractivity contribution in [2.45, 2.75) is 0 Å². The minimum Gasteiger partial charge on any atom is -0.355 e. The molecule has 5 rings (SSSR count). The van der Waals surface area contributed by atoms with E-state index in [2.05, 4.69) is 36.2 Å². The van der Waals surface area contributed by atoms with Gasteiger partial charge in [0.1, 0.15) is 0 Å². The van der Waals surface area contributed by atoms with Crippen molar-refractivity contribution in [3.8, 4) is 0 Å². The van der Waals surface area contributed by atoms with Crippen LogP contribution in [0.1, 0.15) is 11.4 Å². The van der Waals surface area contributed by atoms with Crippen molar-refractivity contribution in [2.24, 2.45) is 4.99 Å². The van der Waals surface area contributed by atoms with E-state index in [1.807, 2.05) is 60.7 Å². The molecule has 0 unspecified atom stereocenters. The number of fused-ring (bicyclic) bond motifs is 7. The van der Waals surface area contributed by atoms with Gasteiger partial charge in [-0.05, 0) is 76.7 Å². The van der Waals surface area contributed by atoms with Gasteiger partial charge in [0.2, 0.25) is 5.78 Å². The molecule has 0 saturated heterocycles. The predicted octanol–water partition coefficient (Wildman–Crippen LogP) is 1.98. The standard InChI is InChI=1S/C20H13BrN4O/c21-19-17-9-15-5-3-13(23-15)7-11-1-2-12(22-11)8-14-4-6-16(24-14)10-18(25-17)20(19)26/h1-10,22,24-25H. The topological polar surface area (TPSA) is 73.0 Å². The maximum absolute atomic E-state index is 12.5. The van der Waals surface area contributed by atoms with E-state index in [1.165, 1.54) is 0 Å². The number of ketones is 1. The van der Waals surface area contributed by atoms with Crippen molar-refractivity contribution in [1.82, 2.24) is 15.3 Å². The number of halogens is 1. The SMILES string of the molecule is O=C1C2=Cc3ccc([nH]3)C=c3ccc([nH]3)=CC3=NC(=CC(=C1Br)N2)C=C3. The summed E-state index contributed by atoms with van der Waals surface area (Å²) in [4.78, 5) is 23.7. The predicted molar refractivity (Wildman–Crippen MR) is 106 cm³/mol. The van der Waals surface area contributed by atoms with Crippen LogP contribution in [0.4, 0.5) is 0 Å². The Hall–Kier alpha value is -3.12. The second-order valence-corrected chi connectivity index (χ2v) is 7.00.